The van der Waals surface area contributed by atoms with Crippen LogP contribution < -0.4 is 14.2 Å². The van der Waals surface area contributed by atoms with E-state index in [0.717, 1.165) is 11.1 Å². The molecule has 3 heterocycles. The van der Waals surface area contributed by atoms with Gasteiger partial charge in [-0.3, -0.25) is 0 Å². The van der Waals surface area contributed by atoms with Crippen molar-refractivity contribution in [2.24, 2.45) is 0 Å². The first-order valence-electron chi connectivity index (χ1n) is 16.5. The summed E-state index contributed by atoms with van der Waals surface area (Å²) in [6, 6.07) is 12.1. The van der Waals surface area contributed by atoms with Gasteiger partial charge in [-0.05, 0) is 35.4 Å². The van der Waals surface area contributed by atoms with Crippen LogP contribution in [-0.4, -0.2) is 177 Å². The molecule has 18 heteroatoms. The first kappa shape index (κ1) is 40.2. The van der Waals surface area contributed by atoms with Crippen LogP contribution in [0, 0.1) is 0 Å². The normalized spacial score (nSPS) is 38.3. The SMILES string of the molecule is COc1cc(/C=C/c2ccc(O[C@@H]3O[C@H](CO)[C@@H](O[C@H]4O[C@H](CO)[C@@H](O[C@H]5O[C@H](CO)[C@@H](O)[C@H](O)[C@H]5O)[C@H](O)[C@H]4O)[C@H](O)[C@H]3O)cc2)cc(OC)c1. The average Bonchev–Trinajstić information content (AvgIpc) is 3.16. The van der Waals surface area contributed by atoms with Crippen molar-refractivity contribution in [1.82, 2.24) is 0 Å². The van der Waals surface area contributed by atoms with Crippen LogP contribution in [0.15, 0.2) is 42.5 Å². The van der Waals surface area contributed by atoms with Crippen molar-refractivity contribution in [1.29, 1.82) is 0 Å². The predicted molar refractivity (Wildman–Crippen MR) is 175 cm³/mol. The molecule has 52 heavy (non-hydrogen) atoms. The highest BCUT2D eigenvalue weighted by atomic mass is 16.8. The highest BCUT2D eigenvalue weighted by Crippen LogP contribution is 2.33. The lowest BCUT2D eigenvalue weighted by molar-refractivity contribution is -0.376. The molecule has 0 bridgehead atoms. The van der Waals surface area contributed by atoms with Gasteiger partial charge in [0.25, 0.3) is 0 Å². The Labute approximate surface area is 298 Å². The number of aliphatic hydroxyl groups excluding tert-OH is 10. The molecule has 2 aromatic carbocycles. The molecule has 3 saturated heterocycles. The Morgan fingerprint density at radius 2 is 0.942 bits per heavy atom. The van der Waals surface area contributed by atoms with Crippen LogP contribution in [0.25, 0.3) is 12.2 Å². The van der Waals surface area contributed by atoms with E-state index in [9.17, 15) is 51.1 Å². The summed E-state index contributed by atoms with van der Waals surface area (Å²) in [4.78, 5) is 0. The zero-order valence-electron chi connectivity index (χ0n) is 28.2. The smallest absolute Gasteiger partial charge is 0.229 e. The Kier molecular flexibility index (Phi) is 13.8. The molecule has 2 aromatic rings. The first-order chi connectivity index (χ1) is 24.9. The van der Waals surface area contributed by atoms with E-state index in [2.05, 4.69) is 0 Å². The molecular weight excluding hydrogens is 696 g/mol. The van der Waals surface area contributed by atoms with E-state index in [1.165, 1.54) is 0 Å². The molecule has 18 nitrogen and oxygen atoms in total. The second-order valence-corrected chi connectivity index (χ2v) is 12.5. The van der Waals surface area contributed by atoms with Crippen LogP contribution in [-0.2, 0) is 23.7 Å². The predicted octanol–water partition coefficient (Wildman–Crippen LogP) is -3.30. The molecule has 0 unspecified atom stereocenters. The van der Waals surface area contributed by atoms with Crippen LogP contribution in [0.2, 0.25) is 0 Å². The first-order valence-corrected chi connectivity index (χ1v) is 16.5. The molecule has 0 aliphatic carbocycles. The number of rotatable bonds is 13. The standard InChI is InChI=1S/C34H46O18/c1-45-18-9-16(10-19(11-18)46-2)4-3-15-5-7-17(8-6-15)47-32-28(43)25(40)30(21(13-36)49-32)52-34-29(44)26(41)31(22(14-37)50-34)51-33-27(42)24(39)23(38)20(12-35)48-33/h3-11,20-44H,12-14H2,1-2H3/b4-3+/t20-,21-,22-,23-,24+,25-,26-,27-,28-,29-,30-,31-,32-,33-,34-/m1/s1. The number of ether oxygens (including phenoxy) is 8. The van der Waals surface area contributed by atoms with E-state index in [1.54, 1.807) is 44.6 Å². The fraction of sp³-hybridized carbons (Fsp3) is 0.588. The number of hydrogen-bond acceptors (Lipinski definition) is 18. The Bertz CT molecular complexity index is 1420. The average molecular weight is 743 g/mol. The molecule has 5 rings (SSSR count). The van der Waals surface area contributed by atoms with Crippen LogP contribution in [0.4, 0.5) is 0 Å². The zero-order chi connectivity index (χ0) is 37.7. The van der Waals surface area contributed by atoms with Gasteiger partial charge in [0.1, 0.15) is 90.5 Å². The summed E-state index contributed by atoms with van der Waals surface area (Å²) in [5.41, 5.74) is 1.64. The van der Waals surface area contributed by atoms with E-state index in [1.807, 2.05) is 24.3 Å². The van der Waals surface area contributed by atoms with Gasteiger partial charge >= 0.3 is 0 Å². The largest absolute Gasteiger partial charge is 0.497 e. The molecule has 0 amide bonds. The second kappa shape index (κ2) is 17.9. The maximum Gasteiger partial charge on any atom is 0.229 e. The Morgan fingerprint density at radius 1 is 0.500 bits per heavy atom. The molecule has 0 radical (unpaired) electrons. The lowest BCUT2D eigenvalue weighted by Gasteiger charge is -2.48. The summed E-state index contributed by atoms with van der Waals surface area (Å²) >= 11 is 0. The van der Waals surface area contributed by atoms with E-state index in [-0.39, 0.29) is 5.75 Å². The van der Waals surface area contributed by atoms with Gasteiger partial charge in [0, 0.05) is 6.07 Å². The molecule has 0 spiro atoms. The highest BCUT2D eigenvalue weighted by Gasteiger charge is 2.53. The summed E-state index contributed by atoms with van der Waals surface area (Å²) in [6.45, 7) is -2.33. The molecular formula is C34H46O18. The van der Waals surface area contributed by atoms with E-state index < -0.39 is 112 Å². The van der Waals surface area contributed by atoms with Gasteiger partial charge in [-0.15, -0.1) is 0 Å². The lowest BCUT2D eigenvalue weighted by Crippen LogP contribution is -2.66. The minimum Gasteiger partial charge on any atom is -0.497 e. The van der Waals surface area contributed by atoms with Gasteiger partial charge in [-0.1, -0.05) is 24.3 Å². The molecule has 3 aliphatic heterocycles. The van der Waals surface area contributed by atoms with E-state index in [4.69, 9.17) is 37.9 Å². The number of hydrogen-bond donors (Lipinski definition) is 10. The van der Waals surface area contributed by atoms with Crippen molar-refractivity contribution in [2.75, 3.05) is 34.0 Å². The van der Waals surface area contributed by atoms with E-state index >= 15 is 0 Å². The third-order valence-electron chi connectivity index (χ3n) is 9.05. The minimum absolute atomic E-state index is 0.262. The van der Waals surface area contributed by atoms with Crippen LogP contribution in [0.3, 0.4) is 0 Å². The Morgan fingerprint density at radius 3 is 1.44 bits per heavy atom. The molecule has 3 fully saturated rings. The molecule has 15 atom stereocenters. The van der Waals surface area contributed by atoms with Gasteiger partial charge in [0.05, 0.1) is 34.0 Å². The molecule has 3 aliphatic rings. The van der Waals surface area contributed by atoms with Gasteiger partial charge in [-0.25, -0.2) is 0 Å². The minimum atomic E-state index is -1.94. The fourth-order valence-electron chi connectivity index (χ4n) is 6.05. The molecule has 290 valence electrons. The van der Waals surface area contributed by atoms with Crippen LogP contribution in [0.1, 0.15) is 11.1 Å². The maximum absolute atomic E-state index is 11.0. The number of benzene rings is 2. The second-order valence-electron chi connectivity index (χ2n) is 12.5. The summed E-state index contributed by atoms with van der Waals surface area (Å²) in [6.07, 6.45) is -21.2. The molecule has 0 aromatic heterocycles. The molecule has 0 saturated carbocycles. The van der Waals surface area contributed by atoms with E-state index in [0.29, 0.717) is 11.5 Å². The lowest BCUT2D eigenvalue weighted by atomic mass is 9.96. The van der Waals surface area contributed by atoms with Crippen molar-refractivity contribution in [2.45, 2.75) is 92.1 Å². The zero-order valence-corrected chi connectivity index (χ0v) is 28.2. The number of methoxy groups -OCH3 is 2. The van der Waals surface area contributed by atoms with Gasteiger partial charge in [0.2, 0.25) is 6.29 Å². The van der Waals surface area contributed by atoms with Crippen molar-refractivity contribution >= 4 is 12.2 Å². The van der Waals surface area contributed by atoms with Gasteiger partial charge < -0.3 is 89.0 Å². The summed E-state index contributed by atoms with van der Waals surface area (Å²) in [5.74, 6) is 1.53. The topological polar surface area (TPSA) is 276 Å². The molecule has 10 N–H and O–H groups in total. The fourth-order valence-corrected chi connectivity index (χ4v) is 6.05. The maximum atomic E-state index is 11.0. The summed E-state index contributed by atoms with van der Waals surface area (Å²) in [5, 5.41) is 104. The monoisotopic (exact) mass is 742 g/mol. The van der Waals surface area contributed by atoms with Crippen molar-refractivity contribution in [3.05, 3.63) is 53.6 Å². The highest BCUT2D eigenvalue weighted by molar-refractivity contribution is 5.71. The van der Waals surface area contributed by atoms with Crippen molar-refractivity contribution in [3.8, 4) is 17.2 Å². The quantitative estimate of drug-likeness (QED) is 0.0900. The Hall–Kier alpha value is -3.02. The Balaban J connectivity index is 1.20. The third-order valence-corrected chi connectivity index (χ3v) is 9.05. The summed E-state index contributed by atoms with van der Waals surface area (Å²) < 4.78 is 44.2. The number of aliphatic hydroxyl groups is 10. The third kappa shape index (κ3) is 8.84. The van der Waals surface area contributed by atoms with Gasteiger partial charge in [0.15, 0.2) is 12.6 Å². The van der Waals surface area contributed by atoms with Crippen molar-refractivity contribution < 1.29 is 89.0 Å². The van der Waals surface area contributed by atoms with Gasteiger partial charge in [-0.2, -0.15) is 0 Å². The van der Waals surface area contributed by atoms with Crippen LogP contribution >= 0.6 is 0 Å². The summed E-state index contributed by atoms with van der Waals surface area (Å²) in [7, 11) is 3.12. The van der Waals surface area contributed by atoms with Crippen molar-refractivity contribution in [3.63, 3.8) is 0 Å². The van der Waals surface area contributed by atoms with Crippen LogP contribution in [0.5, 0.6) is 17.2 Å².